The molecule has 0 unspecified atom stereocenters. The quantitative estimate of drug-likeness (QED) is 0.335. The highest BCUT2D eigenvalue weighted by Gasteiger charge is 2.32. The smallest absolute Gasteiger partial charge is 0.243 e. The predicted molar refractivity (Wildman–Crippen MR) is 149 cm³/mol. The molecule has 1 atom stereocenters. The lowest BCUT2D eigenvalue weighted by atomic mass is 10.0. The molecule has 0 radical (unpaired) electrons. The van der Waals surface area contributed by atoms with Gasteiger partial charge in [-0.25, -0.2) is 4.39 Å². The molecule has 0 aliphatic heterocycles. The molecule has 1 N–H and O–H groups in total. The van der Waals surface area contributed by atoms with Gasteiger partial charge in [-0.1, -0.05) is 85.1 Å². The first-order valence-corrected chi connectivity index (χ1v) is 14.1. The van der Waals surface area contributed by atoms with Crippen LogP contribution in [0.5, 0.6) is 0 Å². The van der Waals surface area contributed by atoms with Gasteiger partial charge >= 0.3 is 0 Å². The van der Waals surface area contributed by atoms with Crippen molar-refractivity contribution < 1.29 is 14.0 Å². The average molecular weight is 519 g/mol. The number of nitrogens with one attached hydrogen (secondary N) is 1. The van der Waals surface area contributed by atoms with Gasteiger partial charge < -0.3 is 10.2 Å². The molecule has 1 saturated carbocycles. The number of carbonyl (C=O) groups is 2. The standard InChI is InChI=1S/C31H35FN2O2S/c1-23-11-13-25(14-12-23)20-34(30(35)22-37-21-26-15-17-27(32)18-16-26)29(19-24-7-3-2-4-8-24)31(36)33-28-9-5-6-10-28/h2-4,7-8,11-18,28-29H,5-6,9-10,19-22H2,1H3,(H,33,36)/t29-/m1/s1. The second kappa shape index (κ2) is 13.4. The van der Waals surface area contributed by atoms with Gasteiger partial charge in [0, 0.05) is 24.8 Å². The first kappa shape index (κ1) is 26.9. The molecule has 2 amide bonds. The van der Waals surface area contributed by atoms with E-state index in [-0.39, 0.29) is 29.4 Å². The number of hydrogen-bond donors (Lipinski definition) is 1. The van der Waals surface area contributed by atoms with E-state index in [1.807, 2.05) is 61.5 Å². The van der Waals surface area contributed by atoms with Crippen LogP contribution in [-0.4, -0.2) is 34.6 Å². The minimum atomic E-state index is -0.608. The topological polar surface area (TPSA) is 49.4 Å². The van der Waals surface area contributed by atoms with Crippen LogP contribution in [0.25, 0.3) is 0 Å². The van der Waals surface area contributed by atoms with Crippen molar-refractivity contribution in [3.05, 3.63) is 107 Å². The summed E-state index contributed by atoms with van der Waals surface area (Å²) in [5.74, 6) is 0.411. The van der Waals surface area contributed by atoms with Crippen molar-refractivity contribution in [2.24, 2.45) is 0 Å². The van der Waals surface area contributed by atoms with Gasteiger partial charge in [-0.15, -0.1) is 11.8 Å². The van der Waals surface area contributed by atoms with Gasteiger partial charge in [-0.3, -0.25) is 9.59 Å². The van der Waals surface area contributed by atoms with E-state index in [0.717, 1.165) is 47.9 Å². The minimum Gasteiger partial charge on any atom is -0.352 e. The summed E-state index contributed by atoms with van der Waals surface area (Å²) in [6, 6.07) is 23.9. The normalized spacial score (nSPS) is 14.3. The Morgan fingerprint density at radius 3 is 2.24 bits per heavy atom. The third kappa shape index (κ3) is 8.19. The summed E-state index contributed by atoms with van der Waals surface area (Å²) in [5.41, 5.74) is 4.13. The second-order valence-electron chi connectivity index (χ2n) is 9.82. The maximum Gasteiger partial charge on any atom is 0.243 e. The predicted octanol–water partition coefficient (Wildman–Crippen LogP) is 6.07. The van der Waals surface area contributed by atoms with Crippen molar-refractivity contribution in [3.63, 3.8) is 0 Å². The fourth-order valence-electron chi connectivity index (χ4n) is 4.73. The van der Waals surface area contributed by atoms with Crippen molar-refractivity contribution in [2.75, 3.05) is 5.75 Å². The molecular weight excluding hydrogens is 483 g/mol. The van der Waals surface area contributed by atoms with E-state index >= 15 is 0 Å². The number of rotatable bonds is 11. The molecule has 0 bridgehead atoms. The molecular formula is C31H35FN2O2S. The Hall–Kier alpha value is -3.12. The molecule has 4 rings (SSSR count). The van der Waals surface area contributed by atoms with Gasteiger partial charge in [0.05, 0.1) is 5.75 Å². The van der Waals surface area contributed by atoms with E-state index in [1.165, 1.54) is 23.9 Å². The van der Waals surface area contributed by atoms with Crippen LogP contribution in [0, 0.1) is 12.7 Å². The summed E-state index contributed by atoms with van der Waals surface area (Å²) < 4.78 is 13.3. The number of halogens is 1. The highest BCUT2D eigenvalue weighted by atomic mass is 32.2. The summed E-state index contributed by atoms with van der Waals surface area (Å²) in [6.07, 6.45) is 4.69. The Morgan fingerprint density at radius 1 is 0.919 bits per heavy atom. The van der Waals surface area contributed by atoms with E-state index < -0.39 is 6.04 Å². The number of amides is 2. The Bertz CT molecular complexity index is 1150. The summed E-state index contributed by atoms with van der Waals surface area (Å²) in [4.78, 5) is 29.1. The van der Waals surface area contributed by atoms with Crippen LogP contribution < -0.4 is 5.32 Å². The summed E-state index contributed by atoms with van der Waals surface area (Å²) in [6.45, 7) is 2.40. The van der Waals surface area contributed by atoms with Crippen LogP contribution in [0.2, 0.25) is 0 Å². The van der Waals surface area contributed by atoms with Crippen molar-refractivity contribution in [3.8, 4) is 0 Å². The van der Waals surface area contributed by atoms with E-state index in [2.05, 4.69) is 5.32 Å². The van der Waals surface area contributed by atoms with Crippen molar-refractivity contribution in [1.29, 1.82) is 0 Å². The molecule has 0 aromatic heterocycles. The Balaban J connectivity index is 1.55. The van der Waals surface area contributed by atoms with Crippen molar-refractivity contribution in [1.82, 2.24) is 10.2 Å². The fraction of sp³-hybridized carbons (Fsp3) is 0.355. The van der Waals surface area contributed by atoms with Crippen LogP contribution in [0.4, 0.5) is 4.39 Å². The van der Waals surface area contributed by atoms with Gasteiger partial charge in [0.15, 0.2) is 0 Å². The Kier molecular flexibility index (Phi) is 9.78. The maximum absolute atomic E-state index is 13.7. The van der Waals surface area contributed by atoms with Crippen LogP contribution >= 0.6 is 11.8 Å². The zero-order valence-electron chi connectivity index (χ0n) is 21.4. The first-order valence-electron chi connectivity index (χ1n) is 13.0. The molecule has 3 aromatic rings. The van der Waals surface area contributed by atoms with Crippen LogP contribution in [0.1, 0.15) is 47.9 Å². The Labute approximate surface area is 223 Å². The molecule has 1 aliphatic rings. The molecule has 4 nitrogen and oxygen atoms in total. The third-order valence-electron chi connectivity index (χ3n) is 6.85. The van der Waals surface area contributed by atoms with E-state index in [0.29, 0.717) is 18.7 Å². The highest BCUT2D eigenvalue weighted by Crippen LogP contribution is 2.21. The number of thioether (sulfide) groups is 1. The SMILES string of the molecule is Cc1ccc(CN(C(=O)CSCc2ccc(F)cc2)[C@H](Cc2ccccc2)C(=O)NC2CCCC2)cc1. The number of hydrogen-bond acceptors (Lipinski definition) is 3. The number of nitrogens with zero attached hydrogens (tertiary/aromatic N) is 1. The summed E-state index contributed by atoms with van der Waals surface area (Å²) >= 11 is 1.48. The maximum atomic E-state index is 13.7. The second-order valence-corrected chi connectivity index (χ2v) is 10.8. The van der Waals surface area contributed by atoms with Crippen LogP contribution in [0.15, 0.2) is 78.9 Å². The lowest BCUT2D eigenvalue weighted by molar-refractivity contribution is -0.139. The highest BCUT2D eigenvalue weighted by molar-refractivity contribution is 7.99. The zero-order valence-corrected chi connectivity index (χ0v) is 22.2. The third-order valence-corrected chi connectivity index (χ3v) is 7.84. The summed E-state index contributed by atoms with van der Waals surface area (Å²) in [5, 5.41) is 3.24. The molecule has 1 aliphatic carbocycles. The molecule has 1 fully saturated rings. The van der Waals surface area contributed by atoms with Gasteiger partial charge in [-0.2, -0.15) is 0 Å². The monoisotopic (exact) mass is 518 g/mol. The number of carbonyl (C=O) groups excluding carboxylic acids is 2. The molecule has 0 heterocycles. The van der Waals surface area contributed by atoms with E-state index in [4.69, 9.17) is 0 Å². The van der Waals surface area contributed by atoms with Gasteiger partial charge in [0.2, 0.25) is 11.8 Å². The van der Waals surface area contributed by atoms with Gasteiger partial charge in [0.25, 0.3) is 0 Å². The van der Waals surface area contributed by atoms with Crippen molar-refractivity contribution in [2.45, 2.75) is 63.4 Å². The molecule has 0 spiro atoms. The zero-order chi connectivity index (χ0) is 26.0. The number of aryl methyl sites for hydroxylation is 1. The lowest BCUT2D eigenvalue weighted by Crippen LogP contribution is -2.52. The van der Waals surface area contributed by atoms with Crippen molar-refractivity contribution >= 4 is 23.6 Å². The van der Waals surface area contributed by atoms with Gasteiger partial charge in [-0.05, 0) is 48.6 Å². The minimum absolute atomic E-state index is 0.0739. The molecule has 6 heteroatoms. The van der Waals surface area contributed by atoms with Gasteiger partial charge in [0.1, 0.15) is 11.9 Å². The van der Waals surface area contributed by atoms with E-state index in [9.17, 15) is 14.0 Å². The molecule has 0 saturated heterocycles. The van der Waals surface area contributed by atoms with E-state index in [1.54, 1.807) is 17.0 Å². The molecule has 194 valence electrons. The summed E-state index contributed by atoms with van der Waals surface area (Å²) in [7, 11) is 0. The Morgan fingerprint density at radius 2 is 1.57 bits per heavy atom. The number of benzene rings is 3. The molecule has 37 heavy (non-hydrogen) atoms. The largest absolute Gasteiger partial charge is 0.352 e. The fourth-order valence-corrected chi connectivity index (χ4v) is 5.60. The van der Waals surface area contributed by atoms with Crippen LogP contribution in [-0.2, 0) is 28.3 Å². The first-order chi connectivity index (χ1) is 18.0. The average Bonchev–Trinajstić information content (AvgIpc) is 3.42. The van der Waals surface area contributed by atoms with Crippen LogP contribution in [0.3, 0.4) is 0 Å². The lowest BCUT2D eigenvalue weighted by Gasteiger charge is -2.32. The molecule has 3 aromatic carbocycles.